The number of hydrogen-bond donors (Lipinski definition) is 2. The van der Waals surface area contributed by atoms with Crippen molar-refractivity contribution in [1.29, 1.82) is 0 Å². The summed E-state index contributed by atoms with van der Waals surface area (Å²) in [6.07, 6.45) is 0.691. The second-order valence-electron chi connectivity index (χ2n) is 8.38. The maximum atomic E-state index is 13.1. The van der Waals surface area contributed by atoms with E-state index in [1.165, 1.54) is 14.2 Å². The van der Waals surface area contributed by atoms with Gasteiger partial charge in [-0.25, -0.2) is 0 Å². The minimum atomic E-state index is -0.608. The molecule has 0 saturated heterocycles. The van der Waals surface area contributed by atoms with Crippen molar-refractivity contribution in [2.75, 3.05) is 33.1 Å². The normalized spacial score (nSPS) is 12.5. The molecule has 7 heteroatoms. The monoisotopic (exact) mass is 393 g/mol. The van der Waals surface area contributed by atoms with Crippen molar-refractivity contribution >= 4 is 17.5 Å². The van der Waals surface area contributed by atoms with E-state index in [-0.39, 0.29) is 17.9 Å². The maximum absolute atomic E-state index is 13.1. The van der Waals surface area contributed by atoms with E-state index in [9.17, 15) is 9.59 Å². The van der Waals surface area contributed by atoms with Crippen LogP contribution >= 0.6 is 0 Å². The predicted molar refractivity (Wildman–Crippen MR) is 112 cm³/mol. The Morgan fingerprint density at radius 3 is 2.14 bits per heavy atom. The van der Waals surface area contributed by atoms with Crippen LogP contribution in [-0.2, 0) is 4.79 Å². The number of nitrogens with zero attached hydrogens (tertiary/aromatic N) is 1. The number of carbonyl (C=O) groups excluding carboxylic acids is 2. The fourth-order valence-corrected chi connectivity index (χ4v) is 2.45. The number of hydrogen-bond acceptors (Lipinski definition) is 5. The Balaban J connectivity index is 3.22. The Bertz CT molecular complexity index is 696. The molecule has 1 unspecified atom stereocenters. The lowest BCUT2D eigenvalue weighted by Gasteiger charge is -2.24. The van der Waals surface area contributed by atoms with E-state index in [2.05, 4.69) is 19.2 Å². The van der Waals surface area contributed by atoms with E-state index in [0.717, 1.165) is 0 Å². The van der Waals surface area contributed by atoms with Crippen LogP contribution in [0.5, 0.6) is 11.5 Å². The minimum absolute atomic E-state index is 0.0146. The molecule has 0 aromatic heterocycles. The first-order valence-corrected chi connectivity index (χ1v) is 9.50. The fourth-order valence-electron chi connectivity index (χ4n) is 2.45. The lowest BCUT2D eigenvalue weighted by Crippen LogP contribution is -2.35. The highest BCUT2D eigenvalue weighted by Crippen LogP contribution is 2.34. The molecule has 0 aliphatic heterocycles. The molecule has 28 heavy (non-hydrogen) atoms. The molecule has 158 valence electrons. The summed E-state index contributed by atoms with van der Waals surface area (Å²) in [5.41, 5.74) is 6.23. The Kier molecular flexibility index (Phi) is 8.29. The molecule has 0 spiro atoms. The van der Waals surface area contributed by atoms with Crippen LogP contribution in [0, 0.1) is 11.3 Å². The summed E-state index contributed by atoms with van der Waals surface area (Å²) in [5.74, 6) is 0.783. The van der Waals surface area contributed by atoms with E-state index in [1.807, 2.05) is 20.8 Å². The van der Waals surface area contributed by atoms with Gasteiger partial charge in [-0.1, -0.05) is 34.6 Å². The molecule has 3 N–H and O–H groups in total. The molecule has 0 heterocycles. The molecule has 2 amide bonds. The van der Waals surface area contributed by atoms with Crippen molar-refractivity contribution in [1.82, 2.24) is 4.90 Å². The molecule has 1 aromatic carbocycles. The third-order valence-electron chi connectivity index (χ3n) is 4.68. The molecule has 0 bridgehead atoms. The van der Waals surface area contributed by atoms with Gasteiger partial charge in [0.2, 0.25) is 5.91 Å². The van der Waals surface area contributed by atoms with Gasteiger partial charge < -0.3 is 25.4 Å². The van der Waals surface area contributed by atoms with E-state index < -0.39 is 5.41 Å². The number of nitrogens with two attached hydrogens (primary N) is 1. The minimum Gasteiger partial charge on any atom is -0.493 e. The zero-order valence-electron chi connectivity index (χ0n) is 18.4. The summed E-state index contributed by atoms with van der Waals surface area (Å²) in [6, 6.07) is 3.22. The van der Waals surface area contributed by atoms with Crippen molar-refractivity contribution in [3.05, 3.63) is 17.7 Å². The van der Waals surface area contributed by atoms with E-state index in [1.54, 1.807) is 24.1 Å². The fraction of sp³-hybridized carbons (Fsp3) is 0.619. The molecule has 1 aromatic rings. The second-order valence-corrected chi connectivity index (χ2v) is 8.38. The SMILES string of the molecule is COc1cc(NC(=O)C(C)(C)C)c(C(=O)N(C)CCC(N)C(C)C)cc1OC. The highest BCUT2D eigenvalue weighted by atomic mass is 16.5. The summed E-state index contributed by atoms with van der Waals surface area (Å²) in [7, 11) is 4.74. The van der Waals surface area contributed by atoms with Crippen LogP contribution in [-0.4, -0.2) is 50.6 Å². The summed E-state index contributed by atoms with van der Waals surface area (Å²) >= 11 is 0. The number of methoxy groups -OCH3 is 2. The van der Waals surface area contributed by atoms with Gasteiger partial charge in [-0.15, -0.1) is 0 Å². The smallest absolute Gasteiger partial charge is 0.255 e. The maximum Gasteiger partial charge on any atom is 0.255 e. The molecule has 0 aliphatic rings. The van der Waals surface area contributed by atoms with Crippen LogP contribution in [0.25, 0.3) is 0 Å². The molecule has 0 aliphatic carbocycles. The zero-order valence-corrected chi connectivity index (χ0v) is 18.4. The molecule has 1 rings (SSSR count). The van der Waals surface area contributed by atoms with Crippen molar-refractivity contribution in [3.63, 3.8) is 0 Å². The Morgan fingerprint density at radius 2 is 1.68 bits per heavy atom. The third-order valence-corrected chi connectivity index (χ3v) is 4.68. The molecule has 7 nitrogen and oxygen atoms in total. The highest BCUT2D eigenvalue weighted by molar-refractivity contribution is 6.05. The van der Waals surface area contributed by atoms with Crippen LogP contribution in [0.4, 0.5) is 5.69 Å². The first-order chi connectivity index (χ1) is 12.9. The topological polar surface area (TPSA) is 93.9 Å². The molecule has 0 fully saturated rings. The highest BCUT2D eigenvalue weighted by Gasteiger charge is 2.26. The standard InChI is InChI=1S/C21H35N3O4/c1-13(2)15(22)9-10-24(6)19(25)14-11-17(27-7)18(28-8)12-16(14)23-20(26)21(3,4)5/h11-13,15H,9-10,22H2,1-8H3,(H,23,26). The largest absolute Gasteiger partial charge is 0.493 e. The lowest BCUT2D eigenvalue weighted by atomic mass is 9.95. The van der Waals surface area contributed by atoms with Crippen LogP contribution in [0.3, 0.4) is 0 Å². The molecule has 1 atom stereocenters. The molecular formula is C21H35N3O4. The molecule has 0 radical (unpaired) electrons. The summed E-state index contributed by atoms with van der Waals surface area (Å²) < 4.78 is 10.7. The first kappa shape index (κ1) is 23.8. The molecular weight excluding hydrogens is 358 g/mol. The average Bonchev–Trinajstić information content (AvgIpc) is 2.63. The van der Waals surface area contributed by atoms with E-state index >= 15 is 0 Å². The van der Waals surface area contributed by atoms with Gasteiger partial charge in [-0.2, -0.15) is 0 Å². The average molecular weight is 394 g/mol. The first-order valence-electron chi connectivity index (χ1n) is 9.50. The second kappa shape index (κ2) is 9.78. The number of nitrogens with one attached hydrogen (secondary N) is 1. The van der Waals surface area contributed by atoms with Gasteiger partial charge in [0.15, 0.2) is 11.5 Å². The number of anilines is 1. The number of carbonyl (C=O) groups is 2. The number of amides is 2. The van der Waals surface area contributed by atoms with Gasteiger partial charge in [0, 0.05) is 31.1 Å². The number of ether oxygens (including phenoxy) is 2. The summed E-state index contributed by atoms with van der Waals surface area (Å²) in [6.45, 7) is 10.1. The Morgan fingerprint density at radius 1 is 1.14 bits per heavy atom. The zero-order chi connectivity index (χ0) is 21.6. The van der Waals surface area contributed by atoms with Crippen LogP contribution < -0.4 is 20.5 Å². The van der Waals surface area contributed by atoms with Gasteiger partial charge in [0.1, 0.15) is 0 Å². The van der Waals surface area contributed by atoms with Crippen LogP contribution in [0.1, 0.15) is 51.4 Å². The predicted octanol–water partition coefficient (Wildman–Crippen LogP) is 3.13. The van der Waals surface area contributed by atoms with Gasteiger partial charge in [-0.3, -0.25) is 9.59 Å². The van der Waals surface area contributed by atoms with Gasteiger partial charge in [0.25, 0.3) is 5.91 Å². The van der Waals surface area contributed by atoms with Crippen molar-refractivity contribution < 1.29 is 19.1 Å². The number of rotatable bonds is 8. The van der Waals surface area contributed by atoms with E-state index in [4.69, 9.17) is 15.2 Å². The Hall–Kier alpha value is -2.28. The Labute approximate surface area is 168 Å². The summed E-state index contributed by atoms with van der Waals surface area (Å²) in [4.78, 5) is 27.2. The number of benzene rings is 1. The van der Waals surface area contributed by atoms with Crippen molar-refractivity contribution in [2.45, 2.75) is 47.1 Å². The van der Waals surface area contributed by atoms with E-state index in [0.29, 0.717) is 41.6 Å². The lowest BCUT2D eigenvalue weighted by molar-refractivity contribution is -0.123. The van der Waals surface area contributed by atoms with Crippen LogP contribution in [0.2, 0.25) is 0 Å². The van der Waals surface area contributed by atoms with Crippen molar-refractivity contribution in [3.8, 4) is 11.5 Å². The van der Waals surface area contributed by atoms with Crippen LogP contribution in [0.15, 0.2) is 12.1 Å². The summed E-state index contributed by atoms with van der Waals surface area (Å²) in [5, 5.41) is 2.85. The third kappa shape index (κ3) is 6.12. The van der Waals surface area contributed by atoms with Gasteiger partial charge >= 0.3 is 0 Å². The van der Waals surface area contributed by atoms with Gasteiger partial charge in [-0.05, 0) is 18.4 Å². The molecule has 0 saturated carbocycles. The van der Waals surface area contributed by atoms with Crippen molar-refractivity contribution in [2.24, 2.45) is 17.1 Å². The van der Waals surface area contributed by atoms with Gasteiger partial charge in [0.05, 0.1) is 25.5 Å². The quantitative estimate of drug-likeness (QED) is 0.708.